The topological polar surface area (TPSA) is 46.4 Å². The van der Waals surface area contributed by atoms with Gasteiger partial charge in [-0.1, -0.05) is 31.5 Å². The minimum Gasteiger partial charge on any atom is -0.299 e. The summed E-state index contributed by atoms with van der Waals surface area (Å²) in [5.74, 6) is 0. The Morgan fingerprint density at radius 3 is 2.65 bits per heavy atom. The van der Waals surface area contributed by atoms with Crippen LogP contribution < -0.4 is 0 Å². The second kappa shape index (κ2) is 6.10. The molecule has 0 spiro atoms. The molecule has 20 heavy (non-hydrogen) atoms. The molecule has 1 aliphatic rings. The zero-order valence-corrected chi connectivity index (χ0v) is 12.8. The molecule has 0 saturated carbocycles. The van der Waals surface area contributed by atoms with Gasteiger partial charge in [-0.15, -0.1) is 0 Å². The molecule has 0 N–H and O–H groups in total. The monoisotopic (exact) mass is 296 g/mol. The fourth-order valence-electron chi connectivity index (χ4n) is 3.04. The Kier molecular flexibility index (Phi) is 4.66. The summed E-state index contributed by atoms with van der Waals surface area (Å²) in [5, 5.41) is 11.1. The van der Waals surface area contributed by atoms with Crippen LogP contribution in [0.2, 0.25) is 5.02 Å². The van der Waals surface area contributed by atoms with E-state index in [1.807, 2.05) is 6.07 Å². The molecule has 4 nitrogen and oxygen atoms in total. The molecule has 0 atom stereocenters. The molecule has 1 aromatic carbocycles. The summed E-state index contributed by atoms with van der Waals surface area (Å²) >= 11 is 5.84. The SMILES string of the molecule is CCC1(CC)CCN(Cc2ccc(Cl)c([N+](=O)[O-])c2)C1. The van der Waals surface area contributed by atoms with Gasteiger partial charge in [0.05, 0.1) is 4.92 Å². The number of likely N-dealkylation sites (tertiary alicyclic amines) is 1. The van der Waals surface area contributed by atoms with Gasteiger partial charge in [-0.05, 0) is 42.9 Å². The number of nitro benzene ring substituents is 1. The van der Waals surface area contributed by atoms with E-state index >= 15 is 0 Å². The van der Waals surface area contributed by atoms with Crippen LogP contribution in [0.5, 0.6) is 0 Å². The van der Waals surface area contributed by atoms with E-state index in [1.54, 1.807) is 12.1 Å². The molecule has 1 heterocycles. The van der Waals surface area contributed by atoms with Crippen molar-refractivity contribution in [2.45, 2.75) is 39.7 Å². The highest BCUT2D eigenvalue weighted by atomic mass is 35.5. The second-order valence-corrected chi connectivity index (χ2v) is 6.12. The zero-order valence-electron chi connectivity index (χ0n) is 12.1. The third-order valence-corrected chi connectivity index (χ3v) is 4.95. The maximum Gasteiger partial charge on any atom is 0.288 e. The van der Waals surface area contributed by atoms with Gasteiger partial charge in [0.1, 0.15) is 5.02 Å². The first-order valence-corrected chi connectivity index (χ1v) is 7.52. The second-order valence-electron chi connectivity index (χ2n) is 5.71. The number of nitro groups is 1. The van der Waals surface area contributed by atoms with E-state index < -0.39 is 4.92 Å². The third-order valence-electron chi connectivity index (χ3n) is 4.63. The molecule has 0 radical (unpaired) electrons. The largest absolute Gasteiger partial charge is 0.299 e. The molecule has 0 bridgehead atoms. The maximum atomic E-state index is 10.9. The summed E-state index contributed by atoms with van der Waals surface area (Å²) in [7, 11) is 0. The number of nitrogens with zero attached hydrogens (tertiary/aromatic N) is 2. The number of hydrogen-bond donors (Lipinski definition) is 0. The van der Waals surface area contributed by atoms with Crippen molar-refractivity contribution in [3.05, 3.63) is 38.9 Å². The van der Waals surface area contributed by atoms with E-state index in [9.17, 15) is 10.1 Å². The Balaban J connectivity index is 2.08. The number of benzene rings is 1. The van der Waals surface area contributed by atoms with Crippen molar-refractivity contribution >= 4 is 17.3 Å². The Bertz CT molecular complexity index is 501. The van der Waals surface area contributed by atoms with Crippen LogP contribution in [-0.2, 0) is 6.54 Å². The third kappa shape index (κ3) is 3.13. The van der Waals surface area contributed by atoms with Crippen molar-refractivity contribution in [3.63, 3.8) is 0 Å². The van der Waals surface area contributed by atoms with Crippen LogP contribution in [-0.4, -0.2) is 22.9 Å². The van der Waals surface area contributed by atoms with Gasteiger partial charge in [-0.25, -0.2) is 0 Å². The lowest BCUT2D eigenvalue weighted by atomic mass is 9.82. The van der Waals surface area contributed by atoms with Gasteiger partial charge in [-0.3, -0.25) is 15.0 Å². The Morgan fingerprint density at radius 2 is 2.10 bits per heavy atom. The van der Waals surface area contributed by atoms with Gasteiger partial charge >= 0.3 is 0 Å². The Morgan fingerprint density at radius 1 is 1.40 bits per heavy atom. The molecule has 0 aromatic heterocycles. The Hall–Kier alpha value is -1.13. The van der Waals surface area contributed by atoms with E-state index in [-0.39, 0.29) is 10.7 Å². The normalized spacial score (nSPS) is 18.4. The van der Waals surface area contributed by atoms with Crippen molar-refractivity contribution in [2.24, 2.45) is 5.41 Å². The lowest BCUT2D eigenvalue weighted by molar-refractivity contribution is -0.384. The van der Waals surface area contributed by atoms with E-state index in [0.29, 0.717) is 5.41 Å². The number of halogens is 1. The van der Waals surface area contributed by atoms with Crippen molar-refractivity contribution in [1.29, 1.82) is 0 Å². The highest BCUT2D eigenvalue weighted by Gasteiger charge is 2.34. The average molecular weight is 297 g/mol. The van der Waals surface area contributed by atoms with Crippen LogP contribution in [0.1, 0.15) is 38.7 Å². The molecule has 0 amide bonds. The summed E-state index contributed by atoms with van der Waals surface area (Å²) in [4.78, 5) is 12.9. The summed E-state index contributed by atoms with van der Waals surface area (Å²) in [6.07, 6.45) is 3.61. The molecule has 1 aromatic rings. The van der Waals surface area contributed by atoms with Crippen LogP contribution in [0.3, 0.4) is 0 Å². The van der Waals surface area contributed by atoms with Crippen molar-refractivity contribution < 1.29 is 4.92 Å². The Labute approximate surface area is 124 Å². The summed E-state index contributed by atoms with van der Waals surface area (Å²) in [6, 6.07) is 5.10. The van der Waals surface area contributed by atoms with E-state index in [0.717, 1.165) is 25.2 Å². The van der Waals surface area contributed by atoms with Gasteiger partial charge < -0.3 is 0 Å². The molecule has 0 aliphatic carbocycles. The number of rotatable bonds is 5. The average Bonchev–Trinajstić information content (AvgIpc) is 2.85. The fraction of sp³-hybridized carbons (Fsp3) is 0.600. The molecule has 2 rings (SSSR count). The predicted molar refractivity (Wildman–Crippen MR) is 81.0 cm³/mol. The summed E-state index contributed by atoms with van der Waals surface area (Å²) < 4.78 is 0. The fourth-order valence-corrected chi connectivity index (χ4v) is 3.23. The lowest BCUT2D eigenvalue weighted by Gasteiger charge is -2.26. The van der Waals surface area contributed by atoms with Gasteiger partial charge in [0.15, 0.2) is 0 Å². The number of hydrogen-bond acceptors (Lipinski definition) is 3. The quantitative estimate of drug-likeness (QED) is 0.602. The first kappa shape index (κ1) is 15.3. The highest BCUT2D eigenvalue weighted by molar-refractivity contribution is 6.32. The lowest BCUT2D eigenvalue weighted by Crippen LogP contribution is -2.26. The van der Waals surface area contributed by atoms with E-state index in [1.165, 1.54) is 19.3 Å². The minimum atomic E-state index is -0.418. The van der Waals surface area contributed by atoms with Crippen LogP contribution >= 0.6 is 11.6 Å². The van der Waals surface area contributed by atoms with E-state index in [2.05, 4.69) is 18.7 Å². The molecule has 5 heteroatoms. The van der Waals surface area contributed by atoms with E-state index in [4.69, 9.17) is 11.6 Å². The molecule has 1 saturated heterocycles. The van der Waals surface area contributed by atoms with Crippen molar-refractivity contribution in [1.82, 2.24) is 4.90 Å². The molecule has 1 aliphatic heterocycles. The first-order chi connectivity index (χ1) is 9.49. The van der Waals surface area contributed by atoms with Gasteiger partial charge in [0, 0.05) is 19.2 Å². The van der Waals surface area contributed by atoms with Gasteiger partial charge in [0.2, 0.25) is 0 Å². The van der Waals surface area contributed by atoms with Gasteiger partial charge in [-0.2, -0.15) is 0 Å². The predicted octanol–water partition coefficient (Wildman–Crippen LogP) is 4.26. The molecule has 1 fully saturated rings. The first-order valence-electron chi connectivity index (χ1n) is 7.15. The van der Waals surface area contributed by atoms with Crippen LogP contribution in [0.15, 0.2) is 18.2 Å². The van der Waals surface area contributed by atoms with Crippen LogP contribution in [0, 0.1) is 15.5 Å². The minimum absolute atomic E-state index is 0.000565. The van der Waals surface area contributed by atoms with Crippen molar-refractivity contribution in [2.75, 3.05) is 13.1 Å². The summed E-state index contributed by atoms with van der Waals surface area (Å²) in [5.41, 5.74) is 1.39. The maximum absolute atomic E-state index is 10.9. The van der Waals surface area contributed by atoms with Crippen LogP contribution in [0.25, 0.3) is 0 Å². The molecular formula is C15H21ClN2O2. The van der Waals surface area contributed by atoms with Crippen LogP contribution in [0.4, 0.5) is 5.69 Å². The highest BCUT2D eigenvalue weighted by Crippen LogP contribution is 2.37. The van der Waals surface area contributed by atoms with Crippen molar-refractivity contribution in [3.8, 4) is 0 Å². The summed E-state index contributed by atoms with van der Waals surface area (Å²) in [6.45, 7) is 7.41. The zero-order chi connectivity index (χ0) is 14.8. The molecular weight excluding hydrogens is 276 g/mol. The smallest absolute Gasteiger partial charge is 0.288 e. The van der Waals surface area contributed by atoms with Gasteiger partial charge in [0.25, 0.3) is 5.69 Å². The molecule has 0 unspecified atom stereocenters. The molecule has 110 valence electrons. The standard InChI is InChI=1S/C15H21ClN2O2/c1-3-15(4-2)7-8-17(11-15)10-12-5-6-13(16)14(9-12)18(19)20/h5-6,9H,3-4,7-8,10-11H2,1-2H3.